The number of aryl methyl sites for hydroxylation is 1. The van der Waals surface area contributed by atoms with E-state index >= 15 is 0 Å². The van der Waals surface area contributed by atoms with Gasteiger partial charge < -0.3 is 4.90 Å². The monoisotopic (exact) mass is 351 g/mol. The summed E-state index contributed by atoms with van der Waals surface area (Å²) in [6, 6.07) is 5.18. The number of hydrogen-bond acceptors (Lipinski definition) is 6. The molecule has 2 aliphatic heterocycles. The fraction of sp³-hybridized carbons (Fsp3) is 0.222. The molecule has 4 rings (SSSR count). The highest BCUT2D eigenvalue weighted by Gasteiger charge is 2.32. The molecule has 0 unspecified atom stereocenters. The molecule has 1 aromatic carbocycles. The first-order chi connectivity index (χ1) is 12.1. The Kier molecular flexibility index (Phi) is 3.77. The second-order valence-corrected chi connectivity index (χ2v) is 6.55. The average Bonchev–Trinajstić information content (AvgIpc) is 3.12. The maximum atomic E-state index is 14.9. The van der Waals surface area contributed by atoms with E-state index in [-0.39, 0.29) is 5.56 Å². The Bertz CT molecular complexity index is 990. The molecule has 0 aliphatic carbocycles. The van der Waals surface area contributed by atoms with Gasteiger partial charge in [-0.1, -0.05) is 17.8 Å². The fourth-order valence-corrected chi connectivity index (χ4v) is 3.50. The van der Waals surface area contributed by atoms with Gasteiger partial charge in [0.2, 0.25) is 0 Å². The van der Waals surface area contributed by atoms with Crippen molar-refractivity contribution in [3.63, 3.8) is 0 Å². The molecular formula is C18H14FN5S. The molecule has 2 aromatic rings. The lowest BCUT2D eigenvalue weighted by Crippen LogP contribution is -2.32. The quantitative estimate of drug-likeness (QED) is 0.614. The van der Waals surface area contributed by atoms with Gasteiger partial charge in [-0.05, 0) is 30.9 Å². The maximum Gasteiger partial charge on any atom is 0.189 e. The Morgan fingerprint density at radius 2 is 2.20 bits per heavy atom. The second kappa shape index (κ2) is 5.97. The van der Waals surface area contributed by atoms with Crippen LogP contribution in [0.1, 0.15) is 22.3 Å². The molecule has 0 saturated carbocycles. The lowest BCUT2D eigenvalue weighted by Gasteiger charge is -2.28. The molecule has 0 saturated heterocycles. The zero-order chi connectivity index (χ0) is 17.6. The zero-order valence-electron chi connectivity index (χ0n) is 13.7. The van der Waals surface area contributed by atoms with E-state index in [2.05, 4.69) is 15.0 Å². The van der Waals surface area contributed by atoms with Crippen LogP contribution in [0.25, 0.3) is 11.6 Å². The standard InChI is InChI=1S/C18H14FN5S/c1-10-3-4-11(8-20)15(19)14(10)13-7-12-9-22-18(25-2)23-16(12)24-6-5-21-17(13)24/h3-4,7,9H,5-6H2,1-2H3. The van der Waals surface area contributed by atoms with Gasteiger partial charge in [0.25, 0.3) is 0 Å². The van der Waals surface area contributed by atoms with Crippen molar-refractivity contribution in [1.29, 1.82) is 5.26 Å². The summed E-state index contributed by atoms with van der Waals surface area (Å²) >= 11 is 1.48. The van der Waals surface area contributed by atoms with Crippen LogP contribution in [-0.4, -0.2) is 35.1 Å². The van der Waals surface area contributed by atoms with Crippen molar-refractivity contribution < 1.29 is 4.39 Å². The van der Waals surface area contributed by atoms with Crippen LogP contribution < -0.4 is 4.90 Å². The normalized spacial score (nSPS) is 15.2. The number of rotatable bonds is 2. The number of aromatic nitrogens is 2. The lowest BCUT2D eigenvalue weighted by molar-refractivity contribution is 0.619. The van der Waals surface area contributed by atoms with Crippen molar-refractivity contribution in [2.24, 2.45) is 4.99 Å². The van der Waals surface area contributed by atoms with E-state index in [1.165, 1.54) is 17.8 Å². The number of halogens is 1. The summed E-state index contributed by atoms with van der Waals surface area (Å²) in [7, 11) is 0. The molecule has 0 bridgehead atoms. The maximum absolute atomic E-state index is 14.9. The first kappa shape index (κ1) is 15.8. The van der Waals surface area contributed by atoms with Crippen molar-refractivity contribution >= 4 is 35.1 Å². The number of benzene rings is 1. The Morgan fingerprint density at radius 1 is 1.36 bits per heavy atom. The molecule has 7 heteroatoms. The first-order valence-electron chi connectivity index (χ1n) is 7.78. The number of thioether (sulfide) groups is 1. The average molecular weight is 351 g/mol. The van der Waals surface area contributed by atoms with Gasteiger partial charge in [-0.25, -0.2) is 14.4 Å². The van der Waals surface area contributed by atoms with E-state index in [1.807, 2.05) is 30.2 Å². The van der Waals surface area contributed by atoms with E-state index in [9.17, 15) is 4.39 Å². The third-order valence-electron chi connectivity index (χ3n) is 4.33. The molecular weight excluding hydrogens is 337 g/mol. The van der Waals surface area contributed by atoms with Gasteiger partial charge in [-0.15, -0.1) is 0 Å². The summed E-state index contributed by atoms with van der Waals surface area (Å²) in [6.45, 7) is 3.16. The SMILES string of the molecule is CSc1ncc2c(n1)N1CCN=C1C(c1c(C)ccc(C#N)c1F)=C2. The van der Waals surface area contributed by atoms with Gasteiger partial charge in [0.05, 0.1) is 12.1 Å². The van der Waals surface area contributed by atoms with E-state index in [1.54, 1.807) is 12.3 Å². The predicted octanol–water partition coefficient (Wildman–Crippen LogP) is 3.29. The minimum Gasteiger partial charge on any atom is -0.308 e. The van der Waals surface area contributed by atoms with Crippen molar-refractivity contribution in [2.75, 3.05) is 24.2 Å². The number of amidine groups is 1. The number of nitriles is 1. The number of nitrogens with zero attached hydrogens (tertiary/aromatic N) is 5. The summed E-state index contributed by atoms with van der Waals surface area (Å²) in [5, 5.41) is 9.85. The number of fused-ring (bicyclic) bond motifs is 3. The Balaban J connectivity index is 1.97. The van der Waals surface area contributed by atoms with Crippen LogP contribution in [0, 0.1) is 24.1 Å². The summed E-state index contributed by atoms with van der Waals surface area (Å²) in [5.74, 6) is 0.998. The molecule has 2 aliphatic rings. The highest BCUT2D eigenvalue weighted by Crippen LogP contribution is 2.37. The number of hydrogen-bond donors (Lipinski definition) is 0. The molecule has 5 nitrogen and oxygen atoms in total. The third-order valence-corrected chi connectivity index (χ3v) is 4.90. The molecule has 0 radical (unpaired) electrons. The van der Waals surface area contributed by atoms with Crippen LogP contribution in [0.2, 0.25) is 0 Å². The first-order valence-corrected chi connectivity index (χ1v) is 9.01. The minimum atomic E-state index is -0.506. The van der Waals surface area contributed by atoms with E-state index in [4.69, 9.17) is 5.26 Å². The molecule has 25 heavy (non-hydrogen) atoms. The van der Waals surface area contributed by atoms with Crippen LogP contribution >= 0.6 is 11.8 Å². The Hall–Kier alpha value is -2.72. The topological polar surface area (TPSA) is 65.2 Å². The molecule has 0 N–H and O–H groups in total. The van der Waals surface area contributed by atoms with Gasteiger partial charge in [0, 0.05) is 29.4 Å². The van der Waals surface area contributed by atoms with Crippen LogP contribution in [0.5, 0.6) is 0 Å². The van der Waals surface area contributed by atoms with Crippen molar-refractivity contribution in [3.05, 3.63) is 46.4 Å². The predicted molar refractivity (Wildman–Crippen MR) is 97.2 cm³/mol. The van der Waals surface area contributed by atoms with Gasteiger partial charge >= 0.3 is 0 Å². The highest BCUT2D eigenvalue weighted by atomic mass is 32.2. The van der Waals surface area contributed by atoms with Crippen LogP contribution in [0.3, 0.4) is 0 Å². The smallest absolute Gasteiger partial charge is 0.189 e. The summed E-state index contributed by atoms with van der Waals surface area (Å²) in [5.41, 5.74) is 2.73. The van der Waals surface area contributed by atoms with Gasteiger partial charge in [0.1, 0.15) is 23.5 Å². The van der Waals surface area contributed by atoms with Crippen LogP contribution in [-0.2, 0) is 0 Å². The van der Waals surface area contributed by atoms with Crippen molar-refractivity contribution in [3.8, 4) is 6.07 Å². The van der Waals surface area contributed by atoms with E-state index in [0.717, 1.165) is 16.9 Å². The molecule has 0 atom stereocenters. The summed E-state index contributed by atoms with van der Waals surface area (Å²) in [4.78, 5) is 15.5. The lowest BCUT2D eigenvalue weighted by atomic mass is 9.93. The Morgan fingerprint density at radius 3 is 2.96 bits per heavy atom. The number of aliphatic imine (C=N–C) groups is 1. The zero-order valence-corrected chi connectivity index (χ0v) is 14.6. The van der Waals surface area contributed by atoms with Crippen molar-refractivity contribution in [1.82, 2.24) is 9.97 Å². The van der Waals surface area contributed by atoms with Crippen LogP contribution in [0.15, 0.2) is 28.5 Å². The highest BCUT2D eigenvalue weighted by molar-refractivity contribution is 7.98. The molecule has 3 heterocycles. The second-order valence-electron chi connectivity index (χ2n) is 5.78. The molecule has 0 amide bonds. The molecule has 0 fully saturated rings. The third kappa shape index (κ3) is 2.41. The molecule has 0 spiro atoms. The summed E-state index contributed by atoms with van der Waals surface area (Å²) in [6.07, 6.45) is 5.55. The fourth-order valence-electron chi connectivity index (χ4n) is 3.16. The number of anilines is 1. The van der Waals surface area contributed by atoms with E-state index < -0.39 is 5.82 Å². The Labute approximate surface area is 148 Å². The molecule has 1 aromatic heterocycles. The minimum absolute atomic E-state index is 0.0337. The van der Waals surface area contributed by atoms with E-state index in [0.29, 0.717) is 35.2 Å². The van der Waals surface area contributed by atoms with Gasteiger partial charge in [-0.2, -0.15) is 5.26 Å². The van der Waals surface area contributed by atoms with Gasteiger partial charge in [-0.3, -0.25) is 4.99 Å². The van der Waals surface area contributed by atoms with Crippen molar-refractivity contribution in [2.45, 2.75) is 12.1 Å². The van der Waals surface area contributed by atoms with Gasteiger partial charge in [0.15, 0.2) is 5.16 Å². The summed E-state index contributed by atoms with van der Waals surface area (Å²) < 4.78 is 14.9. The van der Waals surface area contributed by atoms with Crippen LogP contribution in [0.4, 0.5) is 10.2 Å². The molecule has 124 valence electrons. The largest absolute Gasteiger partial charge is 0.308 e.